The van der Waals surface area contributed by atoms with Gasteiger partial charge in [0.05, 0.1) is 16.5 Å². The number of piperazine rings is 1. The number of aromatic nitrogens is 2. The SMILES string of the molecule is CCCCc1ccc(S(=O)(=O)N2CCN([C@@H](C)c3nc(Nc4ccccc4)c4ccccc4n3)CC2)cc1. The Hall–Kier alpha value is -3.33. The van der Waals surface area contributed by atoms with Gasteiger partial charge in [-0.2, -0.15) is 4.31 Å². The van der Waals surface area contributed by atoms with E-state index in [9.17, 15) is 8.42 Å². The van der Waals surface area contributed by atoms with E-state index in [0.717, 1.165) is 47.5 Å². The highest BCUT2D eigenvalue weighted by Crippen LogP contribution is 2.28. The van der Waals surface area contributed by atoms with E-state index in [4.69, 9.17) is 9.97 Å². The number of nitrogens with one attached hydrogen (secondary N) is 1. The van der Waals surface area contributed by atoms with Crippen molar-refractivity contribution in [1.82, 2.24) is 19.2 Å². The van der Waals surface area contributed by atoms with Crippen molar-refractivity contribution in [3.05, 3.63) is 90.3 Å². The summed E-state index contributed by atoms with van der Waals surface area (Å²) in [7, 11) is -3.52. The largest absolute Gasteiger partial charge is 0.340 e. The van der Waals surface area contributed by atoms with Crippen molar-refractivity contribution in [3.63, 3.8) is 0 Å². The van der Waals surface area contributed by atoms with Crippen LogP contribution in [-0.2, 0) is 16.4 Å². The van der Waals surface area contributed by atoms with Crippen molar-refractivity contribution in [2.75, 3.05) is 31.5 Å². The van der Waals surface area contributed by atoms with Gasteiger partial charge in [-0.05, 0) is 61.7 Å². The quantitative estimate of drug-likeness (QED) is 0.296. The second kappa shape index (κ2) is 11.6. The third-order valence-electron chi connectivity index (χ3n) is 7.23. The minimum absolute atomic E-state index is 0.0568. The highest BCUT2D eigenvalue weighted by Gasteiger charge is 2.31. The van der Waals surface area contributed by atoms with Crippen molar-refractivity contribution in [2.45, 2.75) is 44.0 Å². The molecule has 38 heavy (non-hydrogen) atoms. The first-order valence-electron chi connectivity index (χ1n) is 13.4. The number of rotatable bonds is 9. The lowest BCUT2D eigenvalue weighted by atomic mass is 10.1. The zero-order chi connectivity index (χ0) is 26.5. The predicted molar refractivity (Wildman–Crippen MR) is 153 cm³/mol. The number of hydrogen-bond acceptors (Lipinski definition) is 6. The molecule has 0 radical (unpaired) electrons. The standard InChI is InChI=1S/C30H35N5O2S/c1-3-4-10-24-15-17-26(18-16-24)38(36,37)35-21-19-34(20-22-35)23(2)29-32-28-14-9-8-13-27(28)30(33-29)31-25-11-6-5-7-12-25/h5-9,11-18,23H,3-4,10,19-22H2,1-2H3,(H,31,32,33)/t23-/m0/s1. The number of aryl methyl sites for hydroxylation is 1. The van der Waals surface area contributed by atoms with E-state index in [1.807, 2.05) is 66.7 Å². The van der Waals surface area contributed by atoms with Crippen LogP contribution in [0, 0.1) is 0 Å². The monoisotopic (exact) mass is 529 g/mol. The van der Waals surface area contributed by atoms with Gasteiger partial charge < -0.3 is 5.32 Å². The summed E-state index contributed by atoms with van der Waals surface area (Å²) in [5.74, 6) is 1.49. The number of benzene rings is 3. The van der Waals surface area contributed by atoms with E-state index >= 15 is 0 Å². The molecule has 0 bridgehead atoms. The van der Waals surface area contributed by atoms with Gasteiger partial charge in [0.15, 0.2) is 0 Å². The molecule has 0 amide bonds. The molecule has 7 nitrogen and oxygen atoms in total. The molecule has 1 aliphatic rings. The van der Waals surface area contributed by atoms with Crippen LogP contribution < -0.4 is 5.32 Å². The normalized spacial score (nSPS) is 15.9. The molecule has 1 saturated heterocycles. The first-order chi connectivity index (χ1) is 18.5. The van der Waals surface area contributed by atoms with Crippen LogP contribution in [0.4, 0.5) is 11.5 Å². The van der Waals surface area contributed by atoms with Gasteiger partial charge in [-0.25, -0.2) is 18.4 Å². The maximum atomic E-state index is 13.3. The summed E-state index contributed by atoms with van der Waals surface area (Å²) in [4.78, 5) is 12.4. The molecule has 0 aliphatic carbocycles. The fourth-order valence-electron chi connectivity index (χ4n) is 4.89. The molecular weight excluding hydrogens is 494 g/mol. The van der Waals surface area contributed by atoms with Crippen molar-refractivity contribution in [3.8, 4) is 0 Å². The molecule has 0 saturated carbocycles. The van der Waals surface area contributed by atoms with E-state index < -0.39 is 10.0 Å². The molecule has 3 aromatic carbocycles. The average molecular weight is 530 g/mol. The molecule has 0 unspecified atom stereocenters. The van der Waals surface area contributed by atoms with Gasteiger partial charge in [-0.15, -0.1) is 0 Å². The van der Waals surface area contributed by atoms with Crippen LogP contribution in [0.5, 0.6) is 0 Å². The lowest BCUT2D eigenvalue weighted by Crippen LogP contribution is -2.49. The van der Waals surface area contributed by atoms with Crippen LogP contribution >= 0.6 is 0 Å². The number of fused-ring (bicyclic) bond motifs is 1. The molecule has 4 aromatic rings. The molecule has 0 spiro atoms. The van der Waals surface area contributed by atoms with E-state index in [1.54, 1.807) is 16.4 Å². The van der Waals surface area contributed by atoms with Crippen LogP contribution in [-0.4, -0.2) is 53.8 Å². The van der Waals surface area contributed by atoms with Gasteiger partial charge in [0, 0.05) is 37.3 Å². The van der Waals surface area contributed by atoms with Gasteiger partial charge in [0.25, 0.3) is 0 Å². The second-order valence-electron chi connectivity index (χ2n) is 9.80. The Morgan fingerprint density at radius 1 is 0.868 bits per heavy atom. The summed E-state index contributed by atoms with van der Waals surface area (Å²) < 4.78 is 28.2. The number of nitrogens with zero attached hydrogens (tertiary/aromatic N) is 4. The fourth-order valence-corrected chi connectivity index (χ4v) is 6.31. The molecule has 1 aromatic heterocycles. The van der Waals surface area contributed by atoms with E-state index in [0.29, 0.717) is 31.1 Å². The molecule has 198 valence electrons. The Labute approximate surface area is 225 Å². The smallest absolute Gasteiger partial charge is 0.243 e. The molecular formula is C30H35N5O2S. The Morgan fingerprint density at radius 3 is 2.26 bits per heavy atom. The first kappa shape index (κ1) is 26.3. The van der Waals surface area contributed by atoms with E-state index in [-0.39, 0.29) is 6.04 Å². The maximum Gasteiger partial charge on any atom is 0.243 e. The summed E-state index contributed by atoms with van der Waals surface area (Å²) in [5, 5.41) is 4.41. The van der Waals surface area contributed by atoms with Gasteiger partial charge in [0.1, 0.15) is 11.6 Å². The number of unbranched alkanes of at least 4 members (excludes halogenated alkanes) is 1. The predicted octanol–water partition coefficient (Wildman–Crippen LogP) is 5.78. The lowest BCUT2D eigenvalue weighted by molar-refractivity contribution is 0.141. The molecule has 1 aliphatic heterocycles. The minimum atomic E-state index is -3.52. The van der Waals surface area contributed by atoms with Crippen LogP contribution in [0.1, 0.15) is 44.1 Å². The Kier molecular flexibility index (Phi) is 8.02. The lowest BCUT2D eigenvalue weighted by Gasteiger charge is -2.37. The maximum absolute atomic E-state index is 13.3. The molecule has 8 heteroatoms. The van der Waals surface area contributed by atoms with Crippen molar-refractivity contribution >= 4 is 32.4 Å². The van der Waals surface area contributed by atoms with Gasteiger partial charge in [-0.3, -0.25) is 4.90 Å². The zero-order valence-corrected chi connectivity index (χ0v) is 22.9. The van der Waals surface area contributed by atoms with Crippen molar-refractivity contribution in [2.24, 2.45) is 0 Å². The van der Waals surface area contributed by atoms with Gasteiger partial charge in [-0.1, -0.05) is 55.8 Å². The Bertz CT molecular complexity index is 1470. The summed E-state index contributed by atoms with van der Waals surface area (Å²) in [6.45, 7) is 6.36. The Balaban J connectivity index is 1.30. The van der Waals surface area contributed by atoms with Crippen molar-refractivity contribution < 1.29 is 8.42 Å². The molecule has 5 rings (SSSR count). The van der Waals surface area contributed by atoms with Crippen molar-refractivity contribution in [1.29, 1.82) is 0 Å². The molecule has 2 heterocycles. The van der Waals surface area contributed by atoms with Gasteiger partial charge in [0.2, 0.25) is 10.0 Å². The van der Waals surface area contributed by atoms with E-state index in [1.165, 1.54) is 5.56 Å². The third kappa shape index (κ3) is 5.72. The minimum Gasteiger partial charge on any atom is -0.340 e. The van der Waals surface area contributed by atoms with E-state index in [2.05, 4.69) is 24.1 Å². The highest BCUT2D eigenvalue weighted by atomic mass is 32.2. The summed E-state index contributed by atoms with van der Waals surface area (Å²) >= 11 is 0. The molecule has 1 fully saturated rings. The van der Waals surface area contributed by atoms with Crippen LogP contribution in [0.3, 0.4) is 0 Å². The Morgan fingerprint density at radius 2 is 1.55 bits per heavy atom. The number of sulfonamides is 1. The zero-order valence-electron chi connectivity index (χ0n) is 22.0. The fraction of sp³-hybridized carbons (Fsp3) is 0.333. The van der Waals surface area contributed by atoms with Crippen LogP contribution in [0.25, 0.3) is 10.9 Å². The topological polar surface area (TPSA) is 78.4 Å². The first-order valence-corrected chi connectivity index (χ1v) is 14.8. The summed E-state index contributed by atoms with van der Waals surface area (Å²) in [6, 6.07) is 25.3. The average Bonchev–Trinajstić information content (AvgIpc) is 2.96. The highest BCUT2D eigenvalue weighted by molar-refractivity contribution is 7.89. The summed E-state index contributed by atoms with van der Waals surface area (Å²) in [6.07, 6.45) is 3.21. The van der Waals surface area contributed by atoms with Crippen LogP contribution in [0.2, 0.25) is 0 Å². The molecule has 1 N–H and O–H groups in total. The summed E-state index contributed by atoms with van der Waals surface area (Å²) in [5.41, 5.74) is 3.03. The second-order valence-corrected chi connectivity index (χ2v) is 11.7. The van der Waals surface area contributed by atoms with Gasteiger partial charge >= 0.3 is 0 Å². The van der Waals surface area contributed by atoms with Crippen LogP contribution in [0.15, 0.2) is 83.8 Å². The number of para-hydroxylation sites is 2. The molecule has 1 atom stereocenters. The third-order valence-corrected chi connectivity index (χ3v) is 9.14. The number of anilines is 2. The number of hydrogen-bond donors (Lipinski definition) is 1.